The van der Waals surface area contributed by atoms with Crippen LogP contribution in [0, 0.1) is 6.92 Å². The fourth-order valence-electron chi connectivity index (χ4n) is 2.91. The van der Waals surface area contributed by atoms with Gasteiger partial charge in [0.2, 0.25) is 10.0 Å². The molecule has 3 aromatic carbocycles. The number of sulfonamides is 1. The molecule has 1 N–H and O–H groups in total. The van der Waals surface area contributed by atoms with Crippen molar-refractivity contribution in [3.05, 3.63) is 93.5 Å². The van der Waals surface area contributed by atoms with Crippen LogP contribution in [0.1, 0.15) is 21.5 Å². The molecule has 1 amide bonds. The van der Waals surface area contributed by atoms with E-state index in [0.717, 1.165) is 11.1 Å². The molecular formula is C22H20Cl2N2O3S. The summed E-state index contributed by atoms with van der Waals surface area (Å²) >= 11 is 12.1. The van der Waals surface area contributed by atoms with Crippen molar-refractivity contribution in [1.82, 2.24) is 0 Å². The summed E-state index contributed by atoms with van der Waals surface area (Å²) in [6.45, 7) is 2.06. The number of nitrogens with zero attached hydrogens (tertiary/aromatic N) is 1. The van der Waals surface area contributed by atoms with E-state index in [1.165, 1.54) is 10.6 Å². The molecule has 5 nitrogen and oxygen atoms in total. The lowest BCUT2D eigenvalue weighted by Crippen LogP contribution is -2.29. The molecule has 0 aliphatic carbocycles. The Labute approximate surface area is 186 Å². The average Bonchev–Trinajstić information content (AvgIpc) is 2.69. The highest BCUT2D eigenvalue weighted by Gasteiger charge is 2.18. The van der Waals surface area contributed by atoms with Crippen molar-refractivity contribution < 1.29 is 13.2 Å². The molecule has 0 aliphatic rings. The molecule has 0 unspecified atom stereocenters. The minimum absolute atomic E-state index is 0.157. The van der Waals surface area contributed by atoms with Gasteiger partial charge in [-0.05, 0) is 54.4 Å². The van der Waals surface area contributed by atoms with Gasteiger partial charge in [0.15, 0.2) is 0 Å². The van der Waals surface area contributed by atoms with E-state index in [4.69, 9.17) is 23.2 Å². The molecule has 30 heavy (non-hydrogen) atoms. The number of rotatable bonds is 6. The number of hydrogen-bond acceptors (Lipinski definition) is 3. The van der Waals surface area contributed by atoms with Crippen LogP contribution in [0.15, 0.2) is 66.7 Å². The topological polar surface area (TPSA) is 66.5 Å². The van der Waals surface area contributed by atoms with Crippen LogP contribution in [0.25, 0.3) is 0 Å². The summed E-state index contributed by atoms with van der Waals surface area (Å²) in [4.78, 5) is 12.5. The Bertz CT molecular complexity index is 1180. The molecule has 0 fully saturated rings. The monoisotopic (exact) mass is 462 g/mol. The van der Waals surface area contributed by atoms with Crippen LogP contribution in [-0.4, -0.2) is 20.6 Å². The molecule has 0 saturated heterocycles. The Hall–Kier alpha value is -2.54. The Morgan fingerprint density at radius 2 is 1.67 bits per heavy atom. The summed E-state index contributed by atoms with van der Waals surface area (Å²) in [6.07, 6.45) is 1.17. The van der Waals surface area contributed by atoms with E-state index in [0.29, 0.717) is 22.0 Å². The molecule has 0 radical (unpaired) electrons. The normalized spacial score (nSPS) is 11.2. The van der Waals surface area contributed by atoms with Gasteiger partial charge in [0.1, 0.15) is 0 Å². The minimum atomic E-state index is -3.48. The van der Waals surface area contributed by atoms with Crippen LogP contribution >= 0.6 is 23.2 Å². The Kier molecular flexibility index (Phi) is 6.71. The number of halogens is 2. The van der Waals surface area contributed by atoms with Gasteiger partial charge in [-0.2, -0.15) is 0 Å². The zero-order valence-electron chi connectivity index (χ0n) is 16.4. The van der Waals surface area contributed by atoms with E-state index in [9.17, 15) is 13.2 Å². The standard InChI is InChI=1S/C22H20Cl2N2O3S/c1-15-5-3-6-18(13-15)26(30(2,28)29)14-16-9-11-17(12-10-16)22(27)25-20-8-4-7-19(23)21(20)24/h3-13H,14H2,1-2H3,(H,25,27). The summed E-state index contributed by atoms with van der Waals surface area (Å²) < 4.78 is 26.0. The summed E-state index contributed by atoms with van der Waals surface area (Å²) in [6, 6.07) is 19.0. The predicted octanol–water partition coefficient (Wildman–Crippen LogP) is 5.52. The first-order valence-corrected chi connectivity index (χ1v) is 11.6. The number of benzene rings is 3. The molecule has 0 spiro atoms. The second-order valence-corrected chi connectivity index (χ2v) is 9.55. The van der Waals surface area contributed by atoms with Crippen molar-refractivity contribution >= 4 is 50.5 Å². The van der Waals surface area contributed by atoms with E-state index >= 15 is 0 Å². The number of aryl methyl sites for hydroxylation is 1. The highest BCUT2D eigenvalue weighted by Crippen LogP contribution is 2.30. The molecule has 0 aliphatic heterocycles. The van der Waals surface area contributed by atoms with Gasteiger partial charge in [-0.15, -0.1) is 0 Å². The SMILES string of the molecule is Cc1cccc(N(Cc2ccc(C(=O)Nc3cccc(Cl)c3Cl)cc2)S(C)(=O)=O)c1. The van der Waals surface area contributed by atoms with E-state index in [-0.39, 0.29) is 17.5 Å². The van der Waals surface area contributed by atoms with Crippen LogP contribution < -0.4 is 9.62 Å². The van der Waals surface area contributed by atoms with Gasteiger partial charge in [-0.1, -0.05) is 53.5 Å². The average molecular weight is 463 g/mol. The molecule has 0 saturated carbocycles. The quantitative estimate of drug-likeness (QED) is 0.524. The van der Waals surface area contributed by atoms with Gasteiger partial charge in [-0.25, -0.2) is 8.42 Å². The first-order chi connectivity index (χ1) is 14.1. The van der Waals surface area contributed by atoms with E-state index < -0.39 is 10.0 Å². The Morgan fingerprint density at radius 3 is 2.30 bits per heavy atom. The lowest BCUT2D eigenvalue weighted by molar-refractivity contribution is 0.102. The van der Waals surface area contributed by atoms with Crippen LogP contribution in [0.3, 0.4) is 0 Å². The summed E-state index contributed by atoms with van der Waals surface area (Å²) in [7, 11) is -3.48. The van der Waals surface area contributed by atoms with E-state index in [1.807, 2.05) is 25.1 Å². The van der Waals surface area contributed by atoms with Gasteiger partial charge < -0.3 is 5.32 Å². The van der Waals surface area contributed by atoms with E-state index in [1.54, 1.807) is 48.5 Å². The zero-order chi connectivity index (χ0) is 21.9. The highest BCUT2D eigenvalue weighted by molar-refractivity contribution is 7.92. The first-order valence-electron chi connectivity index (χ1n) is 9.04. The van der Waals surface area contributed by atoms with Gasteiger partial charge in [0, 0.05) is 5.56 Å². The molecule has 0 atom stereocenters. The van der Waals surface area contributed by atoms with Crippen LogP contribution in [-0.2, 0) is 16.6 Å². The van der Waals surface area contributed by atoms with Crippen molar-refractivity contribution in [2.45, 2.75) is 13.5 Å². The van der Waals surface area contributed by atoms with Crippen molar-refractivity contribution in [3.8, 4) is 0 Å². The second-order valence-electron chi connectivity index (χ2n) is 6.86. The van der Waals surface area contributed by atoms with E-state index in [2.05, 4.69) is 5.32 Å². The fourth-order valence-corrected chi connectivity index (χ4v) is 4.13. The summed E-state index contributed by atoms with van der Waals surface area (Å²) in [5.74, 6) is -0.343. The third-order valence-corrected chi connectivity index (χ3v) is 6.39. The third kappa shape index (κ3) is 5.33. The second kappa shape index (κ2) is 9.08. The lowest BCUT2D eigenvalue weighted by atomic mass is 10.1. The minimum Gasteiger partial charge on any atom is -0.321 e. The van der Waals surface area contributed by atoms with Gasteiger partial charge in [0.05, 0.1) is 34.2 Å². The number of amides is 1. The lowest BCUT2D eigenvalue weighted by Gasteiger charge is -2.23. The van der Waals surface area contributed by atoms with Gasteiger partial charge in [-0.3, -0.25) is 9.10 Å². The fraction of sp³-hybridized carbons (Fsp3) is 0.136. The third-order valence-electron chi connectivity index (χ3n) is 4.43. The van der Waals surface area contributed by atoms with Gasteiger partial charge in [0.25, 0.3) is 5.91 Å². The van der Waals surface area contributed by atoms with Crippen molar-refractivity contribution in [2.75, 3.05) is 15.9 Å². The Morgan fingerprint density at radius 1 is 1.00 bits per heavy atom. The van der Waals surface area contributed by atoms with Crippen molar-refractivity contribution in [3.63, 3.8) is 0 Å². The van der Waals surface area contributed by atoms with Crippen molar-refractivity contribution in [2.24, 2.45) is 0 Å². The molecule has 0 heterocycles. The number of anilines is 2. The van der Waals surface area contributed by atoms with Crippen LogP contribution in [0.2, 0.25) is 10.0 Å². The van der Waals surface area contributed by atoms with Gasteiger partial charge >= 0.3 is 0 Å². The maximum Gasteiger partial charge on any atom is 0.255 e. The maximum atomic E-state index is 12.5. The molecule has 0 aromatic heterocycles. The number of carbonyl (C=O) groups excluding carboxylic acids is 1. The number of carbonyl (C=O) groups is 1. The van der Waals surface area contributed by atoms with Crippen LogP contribution in [0.5, 0.6) is 0 Å². The summed E-state index contributed by atoms with van der Waals surface area (Å²) in [5.41, 5.74) is 3.14. The van der Waals surface area contributed by atoms with Crippen LogP contribution in [0.4, 0.5) is 11.4 Å². The smallest absolute Gasteiger partial charge is 0.255 e. The largest absolute Gasteiger partial charge is 0.321 e. The molecule has 8 heteroatoms. The molecule has 0 bridgehead atoms. The Balaban J connectivity index is 1.78. The predicted molar refractivity (Wildman–Crippen MR) is 123 cm³/mol. The first kappa shape index (κ1) is 22.2. The molecule has 3 aromatic rings. The molecule has 156 valence electrons. The highest BCUT2D eigenvalue weighted by atomic mass is 35.5. The molecule has 3 rings (SSSR count). The maximum absolute atomic E-state index is 12.5. The molecular weight excluding hydrogens is 443 g/mol. The zero-order valence-corrected chi connectivity index (χ0v) is 18.7. The van der Waals surface area contributed by atoms with Crippen molar-refractivity contribution in [1.29, 1.82) is 0 Å². The summed E-state index contributed by atoms with van der Waals surface area (Å²) in [5, 5.41) is 3.34. The number of hydrogen-bond donors (Lipinski definition) is 1. The number of nitrogens with one attached hydrogen (secondary N) is 1.